The van der Waals surface area contributed by atoms with Gasteiger partial charge in [-0.2, -0.15) is 5.26 Å². The van der Waals surface area contributed by atoms with Crippen LogP contribution in [0.2, 0.25) is 5.02 Å². The molecule has 4 rings (SSSR count). The van der Waals surface area contributed by atoms with E-state index in [4.69, 9.17) is 25.8 Å². The minimum absolute atomic E-state index is 0.0178. The molecule has 0 aromatic heterocycles. The molecule has 0 unspecified atom stereocenters. The lowest BCUT2D eigenvalue weighted by atomic mass is 10.00. The predicted octanol–water partition coefficient (Wildman–Crippen LogP) is 4.18. The molecular formula is C20H12ClNO4. The van der Waals surface area contributed by atoms with Crippen molar-refractivity contribution in [2.75, 3.05) is 13.4 Å². The summed E-state index contributed by atoms with van der Waals surface area (Å²) in [6.07, 6.45) is 3.39. The first-order chi connectivity index (χ1) is 12.6. The summed E-state index contributed by atoms with van der Waals surface area (Å²) in [4.78, 5) is 12.7. The van der Waals surface area contributed by atoms with Crippen LogP contribution in [0.4, 0.5) is 0 Å². The number of carbonyl (C=O) groups excluding carboxylic acids is 1. The average Bonchev–Trinajstić information content (AvgIpc) is 3.13. The lowest BCUT2D eigenvalue weighted by molar-refractivity contribution is 0.103. The molecular weight excluding hydrogens is 354 g/mol. The van der Waals surface area contributed by atoms with E-state index >= 15 is 0 Å². The SMILES string of the molecule is N#C/C(=C/C1=Cc2cc(Cl)ccc2OC1)C(=O)c1ccc2c(c1)OCO2. The van der Waals surface area contributed by atoms with Crippen LogP contribution in [0.1, 0.15) is 15.9 Å². The summed E-state index contributed by atoms with van der Waals surface area (Å²) >= 11 is 6.01. The van der Waals surface area contributed by atoms with Crippen LogP contribution < -0.4 is 14.2 Å². The van der Waals surface area contributed by atoms with Gasteiger partial charge in [0.1, 0.15) is 24.0 Å². The van der Waals surface area contributed by atoms with E-state index in [2.05, 4.69) is 0 Å². The van der Waals surface area contributed by atoms with Gasteiger partial charge in [0.15, 0.2) is 11.5 Å². The zero-order chi connectivity index (χ0) is 18.1. The number of hydrogen-bond donors (Lipinski definition) is 0. The Morgan fingerprint density at radius 2 is 1.88 bits per heavy atom. The van der Waals surface area contributed by atoms with Gasteiger partial charge in [-0.25, -0.2) is 0 Å². The van der Waals surface area contributed by atoms with Gasteiger partial charge in [-0.05, 0) is 54.1 Å². The number of carbonyl (C=O) groups is 1. The Morgan fingerprint density at radius 1 is 1.08 bits per heavy atom. The van der Waals surface area contributed by atoms with Crippen molar-refractivity contribution < 1.29 is 19.0 Å². The molecule has 2 aliphatic rings. The number of allylic oxidation sites excluding steroid dienone is 1. The third kappa shape index (κ3) is 3.03. The molecule has 0 fully saturated rings. The standard InChI is InChI=1S/C20H12ClNO4/c21-16-2-4-17-14(7-16)5-12(10-24-17)6-15(9-22)20(23)13-1-3-18-19(8-13)26-11-25-18/h1-8H,10-11H2/b15-6-. The largest absolute Gasteiger partial charge is 0.488 e. The molecule has 26 heavy (non-hydrogen) atoms. The number of hydrogen-bond acceptors (Lipinski definition) is 5. The number of ether oxygens (including phenoxy) is 3. The first-order valence-electron chi connectivity index (χ1n) is 7.83. The van der Waals surface area contributed by atoms with Crippen molar-refractivity contribution in [3.05, 3.63) is 69.8 Å². The highest BCUT2D eigenvalue weighted by molar-refractivity contribution is 6.30. The Kier molecular flexibility index (Phi) is 4.11. The third-order valence-corrected chi connectivity index (χ3v) is 4.27. The number of fused-ring (bicyclic) bond motifs is 2. The van der Waals surface area contributed by atoms with Gasteiger partial charge in [0, 0.05) is 16.1 Å². The van der Waals surface area contributed by atoms with E-state index in [9.17, 15) is 10.1 Å². The molecule has 0 N–H and O–H groups in total. The first kappa shape index (κ1) is 16.2. The lowest BCUT2D eigenvalue weighted by Gasteiger charge is -2.16. The van der Waals surface area contributed by atoms with E-state index in [1.54, 1.807) is 36.4 Å². The number of Topliss-reactive ketones (excluding diaryl/α,β-unsaturated/α-hetero) is 1. The summed E-state index contributed by atoms with van der Waals surface area (Å²) in [5, 5.41) is 10.0. The Bertz CT molecular complexity index is 1020. The summed E-state index contributed by atoms with van der Waals surface area (Å²) in [6, 6.07) is 12.1. The zero-order valence-corrected chi connectivity index (χ0v) is 14.2. The molecule has 0 bridgehead atoms. The van der Waals surface area contributed by atoms with Gasteiger partial charge in [0.2, 0.25) is 12.6 Å². The highest BCUT2D eigenvalue weighted by Gasteiger charge is 2.19. The Balaban J connectivity index is 1.65. The van der Waals surface area contributed by atoms with Crippen molar-refractivity contribution in [3.63, 3.8) is 0 Å². The van der Waals surface area contributed by atoms with Gasteiger partial charge in [-0.3, -0.25) is 4.79 Å². The maximum atomic E-state index is 12.7. The van der Waals surface area contributed by atoms with E-state index < -0.39 is 0 Å². The lowest BCUT2D eigenvalue weighted by Crippen LogP contribution is -2.08. The second-order valence-corrected chi connectivity index (χ2v) is 6.19. The predicted molar refractivity (Wildman–Crippen MR) is 95.5 cm³/mol. The average molecular weight is 366 g/mol. The van der Waals surface area contributed by atoms with Crippen LogP contribution in [-0.4, -0.2) is 19.2 Å². The molecule has 0 spiro atoms. The van der Waals surface area contributed by atoms with E-state index in [1.165, 1.54) is 6.08 Å². The smallest absolute Gasteiger partial charge is 0.231 e. The quantitative estimate of drug-likeness (QED) is 0.463. The zero-order valence-electron chi connectivity index (χ0n) is 13.5. The molecule has 2 aliphatic heterocycles. The third-order valence-electron chi connectivity index (χ3n) is 4.04. The van der Waals surface area contributed by atoms with Crippen molar-refractivity contribution in [3.8, 4) is 23.3 Å². The molecule has 0 atom stereocenters. The van der Waals surface area contributed by atoms with Crippen molar-refractivity contribution in [2.45, 2.75) is 0 Å². The maximum absolute atomic E-state index is 12.7. The molecule has 0 aliphatic carbocycles. The maximum Gasteiger partial charge on any atom is 0.231 e. The number of rotatable bonds is 3. The molecule has 2 aromatic carbocycles. The fraction of sp³-hybridized carbons (Fsp3) is 0.100. The van der Waals surface area contributed by atoms with Gasteiger partial charge in [-0.15, -0.1) is 0 Å². The van der Waals surface area contributed by atoms with Crippen LogP contribution in [0.3, 0.4) is 0 Å². The van der Waals surface area contributed by atoms with Crippen LogP contribution in [0.15, 0.2) is 53.6 Å². The van der Waals surface area contributed by atoms with Crippen molar-refractivity contribution >= 4 is 23.5 Å². The monoisotopic (exact) mass is 365 g/mol. The highest BCUT2D eigenvalue weighted by atomic mass is 35.5. The number of halogens is 1. The summed E-state index contributed by atoms with van der Waals surface area (Å²) in [6.45, 7) is 0.397. The first-order valence-corrected chi connectivity index (χ1v) is 8.21. The summed E-state index contributed by atoms with van der Waals surface area (Å²) in [7, 11) is 0. The Hall–Kier alpha value is -3.23. The fourth-order valence-corrected chi connectivity index (χ4v) is 2.96. The molecule has 0 amide bonds. The van der Waals surface area contributed by atoms with Crippen molar-refractivity contribution in [2.24, 2.45) is 0 Å². The van der Waals surface area contributed by atoms with E-state index in [-0.39, 0.29) is 24.8 Å². The number of nitrogens with zero attached hydrogens (tertiary/aromatic N) is 1. The number of ketones is 1. The van der Waals surface area contributed by atoms with Crippen LogP contribution in [0.25, 0.3) is 6.08 Å². The topological polar surface area (TPSA) is 68.5 Å². The van der Waals surface area contributed by atoms with Crippen LogP contribution in [0.5, 0.6) is 17.2 Å². The minimum Gasteiger partial charge on any atom is -0.488 e. The summed E-state index contributed by atoms with van der Waals surface area (Å²) < 4.78 is 16.2. The van der Waals surface area contributed by atoms with Gasteiger partial charge in [0.25, 0.3) is 0 Å². The van der Waals surface area contributed by atoms with Gasteiger partial charge in [-0.1, -0.05) is 11.6 Å². The number of nitriles is 1. The molecule has 0 radical (unpaired) electrons. The van der Waals surface area contributed by atoms with Crippen molar-refractivity contribution in [1.82, 2.24) is 0 Å². The minimum atomic E-state index is -0.386. The van der Waals surface area contributed by atoms with E-state index in [0.717, 1.165) is 5.56 Å². The summed E-state index contributed by atoms with van der Waals surface area (Å²) in [5.74, 6) is 1.41. The molecule has 5 nitrogen and oxygen atoms in total. The molecule has 6 heteroatoms. The van der Waals surface area contributed by atoms with E-state index in [1.807, 2.05) is 12.1 Å². The Labute approximate surface area is 154 Å². The second kappa shape index (κ2) is 6.58. The van der Waals surface area contributed by atoms with Gasteiger partial charge >= 0.3 is 0 Å². The normalized spacial score (nSPS) is 14.8. The molecule has 128 valence electrons. The van der Waals surface area contributed by atoms with Crippen LogP contribution >= 0.6 is 11.6 Å². The fourth-order valence-electron chi connectivity index (χ4n) is 2.78. The van der Waals surface area contributed by atoms with Crippen molar-refractivity contribution in [1.29, 1.82) is 5.26 Å². The summed E-state index contributed by atoms with van der Waals surface area (Å²) in [5.41, 5.74) is 1.90. The molecule has 0 saturated carbocycles. The second-order valence-electron chi connectivity index (χ2n) is 5.76. The van der Waals surface area contributed by atoms with Gasteiger partial charge < -0.3 is 14.2 Å². The van der Waals surface area contributed by atoms with Gasteiger partial charge in [0.05, 0.1) is 0 Å². The van der Waals surface area contributed by atoms with E-state index in [0.29, 0.717) is 33.4 Å². The highest BCUT2D eigenvalue weighted by Crippen LogP contribution is 2.33. The molecule has 2 heterocycles. The molecule has 0 saturated heterocycles. The Morgan fingerprint density at radius 3 is 2.73 bits per heavy atom. The molecule has 2 aromatic rings. The van der Waals surface area contributed by atoms with Crippen LogP contribution in [0, 0.1) is 11.3 Å². The van der Waals surface area contributed by atoms with Crippen LogP contribution in [-0.2, 0) is 0 Å². The number of benzene rings is 2.